The van der Waals surface area contributed by atoms with E-state index in [0.29, 0.717) is 12.4 Å². The molecule has 3 rings (SSSR count). The Labute approximate surface area is 126 Å². The van der Waals surface area contributed by atoms with Gasteiger partial charge in [0.2, 0.25) is 0 Å². The second-order valence-electron chi connectivity index (χ2n) is 4.70. The number of nitrogen functional groups attached to an aromatic ring is 2. The molecule has 6 heteroatoms. The van der Waals surface area contributed by atoms with E-state index < -0.39 is 0 Å². The molecule has 5 nitrogen and oxygen atoms in total. The van der Waals surface area contributed by atoms with Gasteiger partial charge < -0.3 is 16.2 Å². The van der Waals surface area contributed by atoms with Gasteiger partial charge in [-0.25, -0.2) is 9.97 Å². The molecule has 0 amide bonds. The highest BCUT2D eigenvalue weighted by molar-refractivity contribution is 7.19. The lowest BCUT2D eigenvalue weighted by Crippen LogP contribution is -1.95. The lowest BCUT2D eigenvalue weighted by atomic mass is 10.0. The first-order valence-corrected chi connectivity index (χ1v) is 7.39. The third kappa shape index (κ3) is 2.55. The molecule has 0 spiro atoms. The summed E-state index contributed by atoms with van der Waals surface area (Å²) in [4.78, 5) is 10.6. The van der Waals surface area contributed by atoms with Crippen LogP contribution in [0.4, 0.5) is 11.5 Å². The molecule has 0 bridgehead atoms. The highest BCUT2D eigenvalue weighted by Crippen LogP contribution is 2.40. The largest absolute Gasteiger partial charge is 0.399 e. The lowest BCUT2D eigenvalue weighted by molar-refractivity contribution is 0.203. The summed E-state index contributed by atoms with van der Waals surface area (Å²) in [5.74, 6) is 0.506. The molecule has 0 aliphatic heterocycles. The van der Waals surface area contributed by atoms with Crippen LogP contribution in [0.1, 0.15) is 4.88 Å². The van der Waals surface area contributed by atoms with Crippen molar-refractivity contribution in [3.8, 4) is 11.1 Å². The SMILES string of the molecule is COCCc1sc2ncnc(N)c2c1-c1ccc(N)cc1. The number of nitrogens with zero attached hydrogens (tertiary/aromatic N) is 2. The minimum absolute atomic E-state index is 0.506. The smallest absolute Gasteiger partial charge is 0.136 e. The van der Waals surface area contributed by atoms with E-state index in [0.717, 1.165) is 33.5 Å². The van der Waals surface area contributed by atoms with Gasteiger partial charge in [-0.3, -0.25) is 0 Å². The van der Waals surface area contributed by atoms with Gasteiger partial charge >= 0.3 is 0 Å². The fraction of sp³-hybridized carbons (Fsp3) is 0.200. The number of thiophene rings is 1. The average molecular weight is 300 g/mol. The molecule has 4 N–H and O–H groups in total. The van der Waals surface area contributed by atoms with Crippen LogP contribution in [0.15, 0.2) is 30.6 Å². The number of aromatic nitrogens is 2. The van der Waals surface area contributed by atoms with E-state index in [1.165, 1.54) is 11.2 Å². The van der Waals surface area contributed by atoms with E-state index >= 15 is 0 Å². The Morgan fingerprint density at radius 3 is 2.62 bits per heavy atom. The lowest BCUT2D eigenvalue weighted by Gasteiger charge is -2.06. The molecule has 108 valence electrons. The number of anilines is 2. The van der Waals surface area contributed by atoms with Crippen LogP contribution in [-0.4, -0.2) is 23.7 Å². The molecule has 3 aromatic rings. The molecule has 0 atom stereocenters. The van der Waals surface area contributed by atoms with Crippen molar-refractivity contribution in [3.63, 3.8) is 0 Å². The maximum Gasteiger partial charge on any atom is 0.136 e. The maximum atomic E-state index is 6.07. The number of ether oxygens (including phenoxy) is 1. The zero-order valence-electron chi connectivity index (χ0n) is 11.7. The number of rotatable bonds is 4. The Hall–Kier alpha value is -2.18. The van der Waals surface area contributed by atoms with Crippen LogP contribution in [0.3, 0.4) is 0 Å². The van der Waals surface area contributed by atoms with E-state index in [2.05, 4.69) is 9.97 Å². The Bertz CT molecular complexity index is 767. The van der Waals surface area contributed by atoms with Crippen molar-refractivity contribution >= 4 is 33.1 Å². The van der Waals surface area contributed by atoms with Crippen LogP contribution < -0.4 is 11.5 Å². The summed E-state index contributed by atoms with van der Waals surface area (Å²) in [6.45, 7) is 0.655. The molecule has 21 heavy (non-hydrogen) atoms. The van der Waals surface area contributed by atoms with Gasteiger partial charge in [0.25, 0.3) is 0 Å². The number of fused-ring (bicyclic) bond motifs is 1. The number of hydrogen-bond donors (Lipinski definition) is 2. The summed E-state index contributed by atoms with van der Waals surface area (Å²) < 4.78 is 5.20. The van der Waals surface area contributed by atoms with Gasteiger partial charge in [0.1, 0.15) is 17.0 Å². The molecule has 1 aromatic carbocycles. The van der Waals surface area contributed by atoms with Gasteiger partial charge in [0.05, 0.1) is 12.0 Å². The highest BCUT2D eigenvalue weighted by atomic mass is 32.1. The maximum absolute atomic E-state index is 6.07. The van der Waals surface area contributed by atoms with Crippen molar-refractivity contribution in [2.45, 2.75) is 6.42 Å². The van der Waals surface area contributed by atoms with Crippen molar-refractivity contribution in [1.29, 1.82) is 0 Å². The van der Waals surface area contributed by atoms with Crippen molar-refractivity contribution in [2.75, 3.05) is 25.2 Å². The van der Waals surface area contributed by atoms with Crippen LogP contribution in [-0.2, 0) is 11.2 Å². The van der Waals surface area contributed by atoms with Crippen molar-refractivity contribution in [2.24, 2.45) is 0 Å². The summed E-state index contributed by atoms with van der Waals surface area (Å²) in [5, 5.41) is 0.915. The molecule has 0 fully saturated rings. The van der Waals surface area contributed by atoms with Gasteiger partial charge in [-0.1, -0.05) is 12.1 Å². The van der Waals surface area contributed by atoms with Crippen molar-refractivity contribution < 1.29 is 4.74 Å². The van der Waals surface area contributed by atoms with Gasteiger partial charge in [-0.15, -0.1) is 11.3 Å². The fourth-order valence-corrected chi connectivity index (χ4v) is 3.48. The molecular formula is C15H16N4OS. The van der Waals surface area contributed by atoms with Crippen LogP contribution >= 0.6 is 11.3 Å². The molecule has 2 heterocycles. The van der Waals surface area contributed by atoms with Crippen LogP contribution in [0.2, 0.25) is 0 Å². The first kappa shape index (κ1) is 13.8. The topological polar surface area (TPSA) is 87.0 Å². The number of benzene rings is 1. The van der Waals surface area contributed by atoms with Crippen molar-refractivity contribution in [1.82, 2.24) is 9.97 Å². The number of nitrogens with two attached hydrogens (primary N) is 2. The van der Waals surface area contributed by atoms with E-state index in [1.54, 1.807) is 18.4 Å². The summed E-state index contributed by atoms with van der Waals surface area (Å²) in [6, 6.07) is 7.77. The second-order valence-corrected chi connectivity index (χ2v) is 5.79. The van der Waals surface area contributed by atoms with Gasteiger partial charge in [0.15, 0.2) is 0 Å². The molecular weight excluding hydrogens is 284 g/mol. The van der Waals surface area contributed by atoms with E-state index in [1.807, 2.05) is 24.3 Å². The predicted molar refractivity (Wildman–Crippen MR) is 87.3 cm³/mol. The Morgan fingerprint density at radius 1 is 1.14 bits per heavy atom. The van der Waals surface area contributed by atoms with Gasteiger partial charge in [-0.05, 0) is 17.7 Å². The van der Waals surface area contributed by atoms with Gasteiger partial charge in [-0.2, -0.15) is 0 Å². The molecule has 0 unspecified atom stereocenters. The Morgan fingerprint density at radius 2 is 1.90 bits per heavy atom. The molecule has 0 saturated carbocycles. The van der Waals surface area contributed by atoms with E-state index in [-0.39, 0.29) is 0 Å². The van der Waals surface area contributed by atoms with Crippen LogP contribution in [0, 0.1) is 0 Å². The third-order valence-corrected chi connectivity index (χ3v) is 4.48. The minimum Gasteiger partial charge on any atom is -0.399 e. The van der Waals surface area contributed by atoms with Crippen LogP contribution in [0.25, 0.3) is 21.3 Å². The third-order valence-electron chi connectivity index (χ3n) is 3.32. The summed E-state index contributed by atoms with van der Waals surface area (Å²) in [6.07, 6.45) is 2.32. The fourth-order valence-electron chi connectivity index (χ4n) is 2.33. The zero-order valence-corrected chi connectivity index (χ0v) is 12.5. The predicted octanol–water partition coefficient (Wildman–Crippen LogP) is 2.71. The number of methoxy groups -OCH3 is 1. The van der Waals surface area contributed by atoms with E-state index in [9.17, 15) is 0 Å². The standard InChI is InChI=1S/C15H16N4OS/c1-20-7-6-11-12(9-2-4-10(16)5-3-9)13-14(17)18-8-19-15(13)21-11/h2-5,8H,6-7,16H2,1H3,(H2,17,18,19). The quantitative estimate of drug-likeness (QED) is 0.723. The monoisotopic (exact) mass is 300 g/mol. The Balaban J connectivity index is 2.23. The molecule has 0 saturated heterocycles. The highest BCUT2D eigenvalue weighted by Gasteiger charge is 2.17. The number of hydrogen-bond acceptors (Lipinski definition) is 6. The summed E-state index contributed by atoms with van der Waals surface area (Å²) in [7, 11) is 1.70. The molecule has 0 aliphatic carbocycles. The van der Waals surface area contributed by atoms with E-state index in [4.69, 9.17) is 16.2 Å². The Kier molecular flexibility index (Phi) is 3.72. The molecule has 0 aliphatic rings. The molecule has 0 radical (unpaired) electrons. The summed E-state index contributed by atoms with van der Waals surface area (Å²) in [5.41, 5.74) is 14.7. The van der Waals surface area contributed by atoms with Crippen LogP contribution in [0.5, 0.6) is 0 Å². The first-order valence-electron chi connectivity index (χ1n) is 6.57. The van der Waals surface area contributed by atoms with Crippen molar-refractivity contribution in [3.05, 3.63) is 35.5 Å². The zero-order chi connectivity index (χ0) is 14.8. The van der Waals surface area contributed by atoms with Gasteiger partial charge in [0, 0.05) is 29.7 Å². The normalized spacial score (nSPS) is 11.1. The molecule has 2 aromatic heterocycles. The first-order chi connectivity index (χ1) is 10.2. The average Bonchev–Trinajstić information content (AvgIpc) is 2.86. The minimum atomic E-state index is 0.506. The summed E-state index contributed by atoms with van der Waals surface area (Å²) >= 11 is 1.63. The second kappa shape index (κ2) is 5.67.